The van der Waals surface area contributed by atoms with Crippen molar-refractivity contribution in [2.45, 2.75) is 18.7 Å². The highest BCUT2D eigenvalue weighted by Crippen LogP contribution is 2.20. The second-order valence-electron chi connectivity index (χ2n) is 5.71. The first-order valence-electron chi connectivity index (χ1n) is 7.74. The van der Waals surface area contributed by atoms with Gasteiger partial charge in [-0.2, -0.15) is 5.21 Å². The summed E-state index contributed by atoms with van der Waals surface area (Å²) in [5, 5.41) is 12.5. The maximum absolute atomic E-state index is 12.5. The zero-order chi connectivity index (χ0) is 18.7. The van der Waals surface area contributed by atoms with E-state index >= 15 is 0 Å². The van der Waals surface area contributed by atoms with Crippen molar-refractivity contribution in [3.05, 3.63) is 65.4 Å². The molecule has 0 spiro atoms. The van der Waals surface area contributed by atoms with Gasteiger partial charge in [-0.3, -0.25) is 9.52 Å². The number of aromatic amines is 1. The zero-order valence-electron chi connectivity index (χ0n) is 14.1. The minimum Gasteiger partial charge on any atom is -0.320 e. The van der Waals surface area contributed by atoms with Crippen LogP contribution in [0.3, 0.4) is 0 Å². The van der Waals surface area contributed by atoms with Gasteiger partial charge < -0.3 is 5.32 Å². The minimum atomic E-state index is -3.88. The summed E-state index contributed by atoms with van der Waals surface area (Å²) in [6, 6.07) is 13.4. The van der Waals surface area contributed by atoms with Crippen LogP contribution in [-0.4, -0.2) is 29.7 Å². The summed E-state index contributed by atoms with van der Waals surface area (Å²) in [7, 11) is -3.88. The number of aromatic nitrogens is 3. The Kier molecular flexibility index (Phi) is 4.72. The van der Waals surface area contributed by atoms with E-state index in [4.69, 9.17) is 0 Å². The van der Waals surface area contributed by atoms with E-state index in [-0.39, 0.29) is 16.4 Å². The smallest absolute Gasteiger partial charge is 0.280 e. The van der Waals surface area contributed by atoms with Crippen LogP contribution in [0.5, 0.6) is 0 Å². The number of benzene rings is 2. The third-order valence-electron chi connectivity index (χ3n) is 3.68. The highest BCUT2D eigenvalue weighted by atomic mass is 32.2. The van der Waals surface area contributed by atoms with Gasteiger partial charge in [0.2, 0.25) is 0 Å². The average Bonchev–Trinajstić information content (AvgIpc) is 3.05. The SMILES string of the molecule is Cc1ccc(NC(=O)c2n[nH]nc2NS(=O)(=O)c2ccccc2)c(C)c1. The molecule has 1 amide bonds. The number of hydrogen-bond acceptors (Lipinski definition) is 5. The number of nitrogens with one attached hydrogen (secondary N) is 3. The Morgan fingerprint density at radius 2 is 1.77 bits per heavy atom. The van der Waals surface area contributed by atoms with Crippen LogP contribution in [-0.2, 0) is 10.0 Å². The van der Waals surface area contributed by atoms with E-state index < -0.39 is 15.9 Å². The molecule has 0 aliphatic heterocycles. The van der Waals surface area contributed by atoms with E-state index in [2.05, 4.69) is 25.4 Å². The predicted molar refractivity (Wildman–Crippen MR) is 97.5 cm³/mol. The molecule has 134 valence electrons. The van der Waals surface area contributed by atoms with Gasteiger partial charge in [0.1, 0.15) is 0 Å². The molecule has 0 aliphatic rings. The van der Waals surface area contributed by atoms with Gasteiger partial charge in [-0.25, -0.2) is 8.42 Å². The van der Waals surface area contributed by atoms with Gasteiger partial charge in [-0.15, -0.1) is 10.2 Å². The first kappa shape index (κ1) is 17.6. The Balaban J connectivity index is 1.83. The van der Waals surface area contributed by atoms with E-state index in [9.17, 15) is 13.2 Å². The van der Waals surface area contributed by atoms with Crippen molar-refractivity contribution in [1.82, 2.24) is 15.4 Å². The number of nitrogens with zero attached hydrogens (tertiary/aromatic N) is 2. The maximum Gasteiger partial charge on any atom is 0.280 e. The van der Waals surface area contributed by atoms with Crippen LogP contribution < -0.4 is 10.0 Å². The molecule has 0 atom stereocenters. The fourth-order valence-electron chi connectivity index (χ4n) is 2.38. The van der Waals surface area contributed by atoms with Crippen LogP contribution in [0, 0.1) is 13.8 Å². The number of anilines is 2. The first-order chi connectivity index (χ1) is 12.4. The molecule has 0 aliphatic carbocycles. The van der Waals surface area contributed by atoms with Crippen molar-refractivity contribution in [2.75, 3.05) is 10.0 Å². The number of carbonyl (C=O) groups excluding carboxylic acids is 1. The van der Waals surface area contributed by atoms with Gasteiger partial charge in [0, 0.05) is 5.69 Å². The molecule has 0 saturated heterocycles. The molecule has 3 rings (SSSR count). The second-order valence-corrected chi connectivity index (χ2v) is 7.39. The van der Waals surface area contributed by atoms with E-state index in [1.165, 1.54) is 12.1 Å². The molecule has 3 aromatic rings. The lowest BCUT2D eigenvalue weighted by Crippen LogP contribution is -2.19. The van der Waals surface area contributed by atoms with Crippen molar-refractivity contribution in [3.63, 3.8) is 0 Å². The van der Waals surface area contributed by atoms with Gasteiger partial charge in [0.05, 0.1) is 4.90 Å². The van der Waals surface area contributed by atoms with Crippen LogP contribution >= 0.6 is 0 Å². The van der Waals surface area contributed by atoms with E-state index in [1.807, 2.05) is 26.0 Å². The number of sulfonamides is 1. The summed E-state index contributed by atoms with van der Waals surface area (Å²) in [4.78, 5) is 12.5. The fraction of sp³-hybridized carbons (Fsp3) is 0.118. The molecule has 1 heterocycles. The third kappa shape index (κ3) is 3.72. The van der Waals surface area contributed by atoms with Crippen LogP contribution in [0.15, 0.2) is 53.4 Å². The molecule has 2 aromatic carbocycles. The zero-order valence-corrected chi connectivity index (χ0v) is 15.0. The molecule has 0 radical (unpaired) electrons. The third-order valence-corrected chi connectivity index (χ3v) is 5.03. The molecular weight excluding hydrogens is 354 g/mol. The van der Waals surface area contributed by atoms with Gasteiger partial charge in [-0.1, -0.05) is 35.9 Å². The quantitative estimate of drug-likeness (QED) is 0.637. The molecule has 0 fully saturated rings. The molecule has 3 N–H and O–H groups in total. The lowest BCUT2D eigenvalue weighted by atomic mass is 10.1. The number of aryl methyl sites for hydroxylation is 2. The summed E-state index contributed by atoms with van der Waals surface area (Å²) in [6.45, 7) is 3.82. The van der Waals surface area contributed by atoms with Crippen LogP contribution in [0.2, 0.25) is 0 Å². The predicted octanol–water partition coefficient (Wildman–Crippen LogP) is 2.47. The molecule has 0 unspecified atom stereocenters. The van der Waals surface area contributed by atoms with Crippen LogP contribution in [0.25, 0.3) is 0 Å². The largest absolute Gasteiger partial charge is 0.320 e. The standard InChI is InChI=1S/C17H17N5O3S/c1-11-8-9-14(12(2)10-11)18-17(23)15-16(20-22-19-15)21-26(24,25)13-6-4-3-5-7-13/h3-10H,1-2H3,(H,18,23)(H2,19,20,21,22). The number of hydrogen-bond donors (Lipinski definition) is 3. The van der Waals surface area contributed by atoms with Gasteiger partial charge in [-0.05, 0) is 37.6 Å². The number of H-pyrrole nitrogens is 1. The topological polar surface area (TPSA) is 117 Å². The fourth-order valence-corrected chi connectivity index (χ4v) is 3.41. The van der Waals surface area contributed by atoms with Gasteiger partial charge in [0.15, 0.2) is 11.5 Å². The molecule has 1 aromatic heterocycles. The van der Waals surface area contributed by atoms with Crippen molar-refractivity contribution >= 4 is 27.4 Å². The van der Waals surface area contributed by atoms with E-state index in [0.29, 0.717) is 5.69 Å². The lowest BCUT2D eigenvalue weighted by molar-refractivity contribution is 0.102. The molecule has 8 nitrogen and oxygen atoms in total. The summed E-state index contributed by atoms with van der Waals surface area (Å²) < 4.78 is 27.1. The van der Waals surface area contributed by atoms with Crippen LogP contribution in [0.1, 0.15) is 21.6 Å². The summed E-state index contributed by atoms with van der Waals surface area (Å²) in [5.41, 5.74) is 2.41. The molecule has 0 saturated carbocycles. The number of amides is 1. The number of carbonyl (C=O) groups is 1. The lowest BCUT2D eigenvalue weighted by Gasteiger charge is -2.09. The highest BCUT2D eigenvalue weighted by molar-refractivity contribution is 7.92. The normalized spacial score (nSPS) is 11.2. The molecule has 26 heavy (non-hydrogen) atoms. The van der Waals surface area contributed by atoms with Crippen molar-refractivity contribution in [3.8, 4) is 0 Å². The number of rotatable bonds is 5. The van der Waals surface area contributed by atoms with E-state index in [1.54, 1.807) is 24.3 Å². The Hall–Kier alpha value is -3.20. The first-order valence-corrected chi connectivity index (χ1v) is 9.22. The molecular formula is C17H17N5O3S. The van der Waals surface area contributed by atoms with Gasteiger partial charge in [0.25, 0.3) is 15.9 Å². The second kappa shape index (κ2) is 6.96. The van der Waals surface area contributed by atoms with Crippen molar-refractivity contribution in [1.29, 1.82) is 0 Å². The highest BCUT2D eigenvalue weighted by Gasteiger charge is 2.22. The Morgan fingerprint density at radius 1 is 1.04 bits per heavy atom. The minimum absolute atomic E-state index is 0.0590. The molecule has 9 heteroatoms. The Labute approximate surface area is 150 Å². The maximum atomic E-state index is 12.5. The molecule has 0 bridgehead atoms. The van der Waals surface area contributed by atoms with Gasteiger partial charge >= 0.3 is 0 Å². The van der Waals surface area contributed by atoms with Crippen LogP contribution in [0.4, 0.5) is 11.5 Å². The summed E-state index contributed by atoms with van der Waals surface area (Å²) >= 11 is 0. The summed E-state index contributed by atoms with van der Waals surface area (Å²) in [5.74, 6) is -0.743. The Morgan fingerprint density at radius 3 is 2.46 bits per heavy atom. The van der Waals surface area contributed by atoms with Crippen molar-refractivity contribution < 1.29 is 13.2 Å². The Bertz CT molecular complexity index is 1050. The average molecular weight is 371 g/mol. The van der Waals surface area contributed by atoms with Crippen molar-refractivity contribution in [2.24, 2.45) is 0 Å². The summed E-state index contributed by atoms with van der Waals surface area (Å²) in [6.07, 6.45) is 0. The monoisotopic (exact) mass is 371 g/mol. The van der Waals surface area contributed by atoms with E-state index in [0.717, 1.165) is 11.1 Å².